The van der Waals surface area contributed by atoms with Crippen LogP contribution in [-0.4, -0.2) is 45.0 Å². The molecule has 0 unspecified atom stereocenters. The summed E-state index contributed by atoms with van der Waals surface area (Å²) in [4.78, 5) is 17.6. The first-order valence-electron chi connectivity index (χ1n) is 10.5. The summed E-state index contributed by atoms with van der Waals surface area (Å²) >= 11 is 1.45. The predicted molar refractivity (Wildman–Crippen MR) is 126 cm³/mol. The summed E-state index contributed by atoms with van der Waals surface area (Å²) < 4.78 is 38.6. The van der Waals surface area contributed by atoms with E-state index in [4.69, 9.17) is 9.47 Å². The number of rotatable bonds is 10. The molecule has 0 aliphatic rings. The van der Waals surface area contributed by atoms with Crippen molar-refractivity contribution in [3.05, 3.63) is 52.8 Å². The Morgan fingerprint density at radius 3 is 2.59 bits per heavy atom. The van der Waals surface area contributed by atoms with Gasteiger partial charge in [0.1, 0.15) is 5.75 Å². The van der Waals surface area contributed by atoms with Crippen LogP contribution in [0, 0.1) is 6.92 Å². The van der Waals surface area contributed by atoms with Crippen LogP contribution in [0.3, 0.4) is 0 Å². The summed E-state index contributed by atoms with van der Waals surface area (Å²) in [6.07, 6.45) is 0.272. The van der Waals surface area contributed by atoms with E-state index in [0.717, 1.165) is 15.8 Å². The van der Waals surface area contributed by atoms with Crippen molar-refractivity contribution in [1.82, 2.24) is 4.57 Å². The van der Waals surface area contributed by atoms with E-state index in [-0.39, 0.29) is 29.4 Å². The Morgan fingerprint density at radius 2 is 1.91 bits per heavy atom. The molecule has 3 rings (SSSR count). The number of ether oxygens (including phenoxy) is 2. The highest BCUT2D eigenvalue weighted by Gasteiger charge is 2.15. The van der Waals surface area contributed by atoms with Crippen LogP contribution in [0.2, 0.25) is 0 Å². The lowest BCUT2D eigenvalue weighted by Gasteiger charge is -2.06. The van der Waals surface area contributed by atoms with Crippen molar-refractivity contribution in [2.75, 3.05) is 26.1 Å². The normalized spacial score (nSPS) is 12.4. The van der Waals surface area contributed by atoms with Gasteiger partial charge in [-0.3, -0.25) is 4.79 Å². The molecule has 0 aliphatic heterocycles. The number of benzene rings is 2. The molecular weight excluding hydrogens is 448 g/mol. The summed E-state index contributed by atoms with van der Waals surface area (Å²) in [5, 5.41) is 0. The largest absolute Gasteiger partial charge is 0.497 e. The molecule has 0 fully saturated rings. The van der Waals surface area contributed by atoms with Crippen molar-refractivity contribution < 1.29 is 22.7 Å². The molecule has 3 aromatic rings. The Bertz CT molecular complexity index is 1240. The molecule has 0 atom stereocenters. The van der Waals surface area contributed by atoms with Gasteiger partial charge in [-0.05, 0) is 62.2 Å². The van der Waals surface area contributed by atoms with E-state index in [1.165, 1.54) is 30.6 Å². The number of hydrogen-bond acceptors (Lipinski definition) is 6. The van der Waals surface area contributed by atoms with Crippen molar-refractivity contribution >= 4 is 37.3 Å². The van der Waals surface area contributed by atoms with Gasteiger partial charge < -0.3 is 14.0 Å². The summed E-state index contributed by atoms with van der Waals surface area (Å²) in [5.41, 5.74) is 2.14. The highest BCUT2D eigenvalue weighted by atomic mass is 32.2. The third-order valence-corrected chi connectivity index (χ3v) is 7.80. The standard InChI is InChI=1S/C23H28N2O5S2/c1-4-30-14-13-25-20-12-7-17(2)16-21(20)31-23(25)24-22(26)6-5-15-32(27,28)19-10-8-18(29-3)9-11-19/h7-12,16H,4-6,13-15H2,1-3H3. The average molecular weight is 477 g/mol. The van der Waals surface area contributed by atoms with Crippen molar-refractivity contribution in [3.63, 3.8) is 0 Å². The van der Waals surface area contributed by atoms with Crippen LogP contribution in [0.25, 0.3) is 10.2 Å². The van der Waals surface area contributed by atoms with Crippen LogP contribution in [0.1, 0.15) is 25.3 Å². The molecule has 172 valence electrons. The molecule has 1 aromatic heterocycles. The Labute approximate surface area is 192 Å². The van der Waals surface area contributed by atoms with Crippen molar-refractivity contribution in [2.24, 2.45) is 4.99 Å². The van der Waals surface area contributed by atoms with Gasteiger partial charge in [0.25, 0.3) is 0 Å². The van der Waals surface area contributed by atoms with E-state index < -0.39 is 9.84 Å². The molecule has 0 aliphatic carbocycles. The van der Waals surface area contributed by atoms with Crippen LogP contribution in [0.4, 0.5) is 0 Å². The Balaban J connectivity index is 1.72. The lowest BCUT2D eigenvalue weighted by Crippen LogP contribution is -2.20. The number of fused-ring (bicyclic) bond motifs is 1. The first kappa shape index (κ1) is 24.2. The number of aromatic nitrogens is 1. The van der Waals surface area contributed by atoms with Crippen LogP contribution in [0.15, 0.2) is 52.4 Å². The van der Waals surface area contributed by atoms with Gasteiger partial charge >= 0.3 is 0 Å². The molecule has 7 nitrogen and oxygen atoms in total. The maximum absolute atomic E-state index is 12.5. The van der Waals surface area contributed by atoms with Gasteiger partial charge in [0, 0.05) is 19.6 Å². The first-order valence-corrected chi connectivity index (χ1v) is 12.9. The van der Waals surface area contributed by atoms with E-state index in [0.29, 0.717) is 30.3 Å². The molecule has 0 radical (unpaired) electrons. The lowest BCUT2D eigenvalue weighted by molar-refractivity contribution is -0.118. The van der Waals surface area contributed by atoms with Crippen LogP contribution >= 0.6 is 11.3 Å². The highest BCUT2D eigenvalue weighted by Crippen LogP contribution is 2.20. The summed E-state index contributed by atoms with van der Waals surface area (Å²) in [6.45, 7) is 5.70. The van der Waals surface area contributed by atoms with Crippen LogP contribution < -0.4 is 9.54 Å². The quantitative estimate of drug-likeness (QED) is 0.416. The zero-order valence-corrected chi connectivity index (χ0v) is 20.2. The number of nitrogens with zero attached hydrogens (tertiary/aromatic N) is 2. The Morgan fingerprint density at radius 1 is 1.16 bits per heavy atom. The third kappa shape index (κ3) is 6.05. The second kappa shape index (κ2) is 10.9. The second-order valence-corrected chi connectivity index (χ2v) is 10.4. The Kier molecular flexibility index (Phi) is 8.22. The second-order valence-electron chi connectivity index (χ2n) is 7.31. The van der Waals surface area contributed by atoms with Crippen LogP contribution in [-0.2, 0) is 25.9 Å². The van der Waals surface area contributed by atoms with Gasteiger partial charge in [-0.25, -0.2) is 8.42 Å². The van der Waals surface area contributed by atoms with Gasteiger partial charge in [0.05, 0.1) is 34.6 Å². The third-order valence-electron chi connectivity index (χ3n) is 4.94. The number of amides is 1. The predicted octanol–water partition coefficient (Wildman–Crippen LogP) is 3.74. The van der Waals surface area contributed by atoms with Gasteiger partial charge in [-0.1, -0.05) is 17.4 Å². The fourth-order valence-electron chi connectivity index (χ4n) is 3.26. The smallest absolute Gasteiger partial charge is 0.248 e. The van der Waals surface area contributed by atoms with Crippen LogP contribution in [0.5, 0.6) is 5.75 Å². The Hall–Kier alpha value is -2.49. The van der Waals surface area contributed by atoms with E-state index in [1.807, 2.05) is 30.5 Å². The van der Waals surface area contributed by atoms with Crippen molar-refractivity contribution in [3.8, 4) is 5.75 Å². The highest BCUT2D eigenvalue weighted by molar-refractivity contribution is 7.91. The fourth-order valence-corrected chi connectivity index (χ4v) is 5.74. The summed E-state index contributed by atoms with van der Waals surface area (Å²) in [5.74, 6) is 0.147. The number of thiazole rings is 1. The molecule has 0 spiro atoms. The van der Waals surface area contributed by atoms with E-state index in [9.17, 15) is 13.2 Å². The topological polar surface area (TPSA) is 87.0 Å². The SMILES string of the molecule is CCOCCn1c(=NC(=O)CCCS(=O)(=O)c2ccc(OC)cc2)sc2cc(C)ccc21. The maximum atomic E-state index is 12.5. The maximum Gasteiger partial charge on any atom is 0.248 e. The molecule has 0 saturated carbocycles. The molecule has 0 N–H and O–H groups in total. The number of carbonyl (C=O) groups is 1. The average Bonchev–Trinajstić information content (AvgIpc) is 3.09. The van der Waals surface area contributed by atoms with Gasteiger partial charge in [0.2, 0.25) is 5.91 Å². The number of aryl methyl sites for hydroxylation is 1. The minimum absolute atomic E-state index is 0.0636. The van der Waals surface area contributed by atoms with E-state index in [1.54, 1.807) is 12.1 Å². The number of hydrogen-bond donors (Lipinski definition) is 0. The summed E-state index contributed by atoms with van der Waals surface area (Å²) in [7, 11) is -1.95. The van der Waals surface area contributed by atoms with Gasteiger partial charge in [-0.15, -0.1) is 0 Å². The molecule has 0 saturated heterocycles. The zero-order valence-electron chi connectivity index (χ0n) is 18.5. The molecule has 1 amide bonds. The lowest BCUT2D eigenvalue weighted by atomic mass is 10.2. The fraction of sp³-hybridized carbons (Fsp3) is 0.391. The molecule has 32 heavy (non-hydrogen) atoms. The molecule has 2 aromatic carbocycles. The first-order chi connectivity index (χ1) is 15.3. The number of methoxy groups -OCH3 is 1. The van der Waals surface area contributed by atoms with Crippen molar-refractivity contribution in [1.29, 1.82) is 0 Å². The van der Waals surface area contributed by atoms with E-state index in [2.05, 4.69) is 11.1 Å². The monoisotopic (exact) mass is 476 g/mol. The molecular formula is C23H28N2O5S2. The molecule has 0 bridgehead atoms. The summed E-state index contributed by atoms with van der Waals surface area (Å²) in [6, 6.07) is 12.4. The van der Waals surface area contributed by atoms with Gasteiger partial charge in [0.15, 0.2) is 14.6 Å². The minimum Gasteiger partial charge on any atom is -0.497 e. The molecule has 9 heteroatoms. The van der Waals surface area contributed by atoms with E-state index >= 15 is 0 Å². The number of carbonyl (C=O) groups excluding carboxylic acids is 1. The minimum atomic E-state index is -3.47. The zero-order chi connectivity index (χ0) is 23.1. The van der Waals surface area contributed by atoms with Crippen molar-refractivity contribution in [2.45, 2.75) is 38.1 Å². The molecule has 1 heterocycles. The number of sulfone groups is 1. The van der Waals surface area contributed by atoms with Gasteiger partial charge in [-0.2, -0.15) is 4.99 Å².